The Hall–Kier alpha value is -3.36. The predicted octanol–water partition coefficient (Wildman–Crippen LogP) is 3.12. The van der Waals surface area contributed by atoms with E-state index in [9.17, 15) is 19.2 Å². The monoisotopic (exact) mass is 488 g/mol. The lowest BCUT2D eigenvalue weighted by atomic mass is 9.98. The molecule has 1 rings (SSSR count). The van der Waals surface area contributed by atoms with Crippen LogP contribution in [0, 0.1) is 6.92 Å². The number of aryl methyl sites for hydroxylation is 1. The van der Waals surface area contributed by atoms with E-state index >= 15 is 0 Å². The molecule has 0 heterocycles. The molecule has 1 aromatic carbocycles. The fourth-order valence-electron chi connectivity index (χ4n) is 3.41. The zero-order chi connectivity index (χ0) is 27.0. The first kappa shape index (κ1) is 29.7. The lowest BCUT2D eigenvalue weighted by Crippen LogP contribution is -2.54. The van der Waals surface area contributed by atoms with Crippen molar-refractivity contribution in [2.45, 2.75) is 84.5 Å². The smallest absolute Gasteiger partial charge is 0.408 e. The molecule has 2 atom stereocenters. The van der Waals surface area contributed by atoms with Gasteiger partial charge < -0.3 is 26.0 Å². The number of hydrogen-bond donors (Lipinski definition) is 3. The minimum absolute atomic E-state index is 0.0259. The van der Waals surface area contributed by atoms with E-state index < -0.39 is 41.1 Å². The summed E-state index contributed by atoms with van der Waals surface area (Å²) in [6.45, 7) is 16.3. The van der Waals surface area contributed by atoms with E-state index in [0.717, 1.165) is 5.56 Å². The van der Waals surface area contributed by atoms with Gasteiger partial charge in [0.1, 0.15) is 17.7 Å². The summed E-state index contributed by atoms with van der Waals surface area (Å²) in [5, 5.41) is 5.49. The normalized spacial score (nSPS) is 13.2. The van der Waals surface area contributed by atoms with Gasteiger partial charge >= 0.3 is 6.09 Å². The first-order valence-corrected chi connectivity index (χ1v) is 11.6. The molecule has 0 saturated heterocycles. The number of nitrogens with two attached hydrogens (primary N) is 1. The third-order valence-corrected chi connectivity index (χ3v) is 4.69. The van der Waals surface area contributed by atoms with Crippen molar-refractivity contribution in [3.8, 4) is 0 Å². The maximum atomic E-state index is 13.8. The summed E-state index contributed by atoms with van der Waals surface area (Å²) in [5.41, 5.74) is 5.48. The highest BCUT2D eigenvalue weighted by atomic mass is 16.6. The van der Waals surface area contributed by atoms with Gasteiger partial charge in [0.15, 0.2) is 0 Å². The Morgan fingerprint density at radius 2 is 1.77 bits per heavy atom. The van der Waals surface area contributed by atoms with Crippen molar-refractivity contribution in [2.24, 2.45) is 5.73 Å². The third-order valence-electron chi connectivity index (χ3n) is 4.69. The van der Waals surface area contributed by atoms with Crippen molar-refractivity contribution < 1.29 is 23.9 Å². The SMILES string of the molecule is C=CCN(C(=O)C(CCC(N)=O)NC(=O)OC(C)(C)C)C(C(=O)NC(C)(C)C)c1cccc(C)c1. The number of benzene rings is 1. The Balaban J connectivity index is 3.47. The highest BCUT2D eigenvalue weighted by molar-refractivity contribution is 5.92. The molecule has 0 spiro atoms. The molecule has 0 radical (unpaired) electrons. The number of alkyl carbamates (subject to hydrolysis) is 1. The van der Waals surface area contributed by atoms with Gasteiger partial charge in [-0.1, -0.05) is 35.9 Å². The van der Waals surface area contributed by atoms with Crippen molar-refractivity contribution in [2.75, 3.05) is 6.54 Å². The molecule has 35 heavy (non-hydrogen) atoms. The number of nitrogens with one attached hydrogen (secondary N) is 2. The molecule has 0 aliphatic heterocycles. The van der Waals surface area contributed by atoms with Gasteiger partial charge in [0.25, 0.3) is 0 Å². The minimum atomic E-state index is -1.15. The average Bonchev–Trinajstić information content (AvgIpc) is 2.67. The molecule has 2 unspecified atom stereocenters. The maximum absolute atomic E-state index is 13.8. The molecule has 9 nitrogen and oxygen atoms in total. The van der Waals surface area contributed by atoms with E-state index in [1.54, 1.807) is 26.8 Å². The van der Waals surface area contributed by atoms with Gasteiger partial charge in [-0.2, -0.15) is 0 Å². The van der Waals surface area contributed by atoms with Crippen LogP contribution in [0.15, 0.2) is 36.9 Å². The van der Waals surface area contributed by atoms with Crippen molar-refractivity contribution in [1.82, 2.24) is 15.5 Å². The maximum Gasteiger partial charge on any atom is 0.408 e. The predicted molar refractivity (Wildman–Crippen MR) is 135 cm³/mol. The number of carbonyl (C=O) groups excluding carboxylic acids is 4. The Labute approximate surface area is 208 Å². The summed E-state index contributed by atoms with van der Waals surface area (Å²) in [6, 6.07) is 5.14. The van der Waals surface area contributed by atoms with Gasteiger partial charge in [-0.05, 0) is 60.5 Å². The molecule has 0 aromatic heterocycles. The van der Waals surface area contributed by atoms with Gasteiger partial charge in [-0.3, -0.25) is 14.4 Å². The van der Waals surface area contributed by atoms with Crippen molar-refractivity contribution in [3.63, 3.8) is 0 Å². The Morgan fingerprint density at radius 1 is 1.14 bits per heavy atom. The summed E-state index contributed by atoms with van der Waals surface area (Å²) >= 11 is 0. The van der Waals surface area contributed by atoms with Crippen LogP contribution in [0.3, 0.4) is 0 Å². The Bertz CT molecular complexity index is 930. The highest BCUT2D eigenvalue weighted by Gasteiger charge is 2.36. The van der Waals surface area contributed by atoms with Crippen LogP contribution in [-0.4, -0.2) is 52.4 Å². The molecule has 9 heteroatoms. The quantitative estimate of drug-likeness (QED) is 0.436. The van der Waals surface area contributed by atoms with E-state index in [1.165, 1.54) is 11.0 Å². The second-order valence-corrected chi connectivity index (χ2v) is 10.5. The second kappa shape index (κ2) is 12.4. The zero-order valence-corrected chi connectivity index (χ0v) is 21.9. The summed E-state index contributed by atoms with van der Waals surface area (Å²) in [6.07, 6.45) is 0.494. The molecule has 0 bridgehead atoms. The van der Waals surface area contributed by atoms with E-state index in [4.69, 9.17) is 10.5 Å². The molecule has 4 amide bonds. The number of amides is 4. The van der Waals surface area contributed by atoms with Crippen LogP contribution in [0.5, 0.6) is 0 Å². The van der Waals surface area contributed by atoms with Crippen LogP contribution < -0.4 is 16.4 Å². The molecule has 0 aliphatic carbocycles. The third kappa shape index (κ3) is 10.6. The molecule has 0 saturated carbocycles. The molecule has 0 aliphatic rings. The van der Waals surface area contributed by atoms with Gasteiger partial charge in [0, 0.05) is 18.5 Å². The number of ether oxygens (including phenoxy) is 1. The number of hydrogen-bond acceptors (Lipinski definition) is 5. The lowest BCUT2D eigenvalue weighted by molar-refractivity contribution is -0.142. The van der Waals surface area contributed by atoms with E-state index in [0.29, 0.717) is 5.56 Å². The molecule has 4 N–H and O–H groups in total. The lowest BCUT2D eigenvalue weighted by Gasteiger charge is -2.35. The van der Waals surface area contributed by atoms with Crippen LogP contribution in [-0.2, 0) is 19.1 Å². The van der Waals surface area contributed by atoms with Gasteiger partial charge in [-0.25, -0.2) is 4.79 Å². The molecule has 0 fully saturated rings. The highest BCUT2D eigenvalue weighted by Crippen LogP contribution is 2.25. The first-order chi connectivity index (χ1) is 16.0. The number of carbonyl (C=O) groups is 4. The zero-order valence-electron chi connectivity index (χ0n) is 21.9. The van der Waals surface area contributed by atoms with Crippen LogP contribution in [0.25, 0.3) is 0 Å². The molecule has 1 aromatic rings. The molecular formula is C26H40N4O5. The van der Waals surface area contributed by atoms with Crippen molar-refractivity contribution >= 4 is 23.8 Å². The summed E-state index contributed by atoms with van der Waals surface area (Å²) in [7, 11) is 0. The summed E-state index contributed by atoms with van der Waals surface area (Å²) < 4.78 is 5.30. The van der Waals surface area contributed by atoms with Crippen molar-refractivity contribution in [3.05, 3.63) is 48.0 Å². The van der Waals surface area contributed by atoms with Crippen LogP contribution in [0.4, 0.5) is 4.79 Å². The summed E-state index contributed by atoms with van der Waals surface area (Å²) in [4.78, 5) is 52.5. The largest absolute Gasteiger partial charge is 0.444 e. The fourth-order valence-corrected chi connectivity index (χ4v) is 3.41. The standard InChI is InChI=1S/C26H40N4O5/c1-9-15-30(21(22(32)29-25(3,4)5)18-12-10-11-17(2)16-18)23(33)19(13-14-20(27)31)28-24(34)35-26(6,7)8/h9-12,16,19,21H,1,13-15H2,2-8H3,(H2,27,31)(H,28,34)(H,29,32). The fraction of sp³-hybridized carbons (Fsp3) is 0.538. The summed E-state index contributed by atoms with van der Waals surface area (Å²) in [5.74, 6) is -1.57. The topological polar surface area (TPSA) is 131 Å². The molecular weight excluding hydrogens is 448 g/mol. The van der Waals surface area contributed by atoms with Crippen LogP contribution in [0.2, 0.25) is 0 Å². The van der Waals surface area contributed by atoms with E-state index in [2.05, 4.69) is 17.2 Å². The first-order valence-electron chi connectivity index (χ1n) is 11.6. The average molecular weight is 489 g/mol. The number of primary amides is 1. The number of rotatable bonds is 10. The second-order valence-electron chi connectivity index (χ2n) is 10.5. The van der Waals surface area contributed by atoms with E-state index in [-0.39, 0.29) is 25.3 Å². The minimum Gasteiger partial charge on any atom is -0.444 e. The van der Waals surface area contributed by atoms with Gasteiger partial charge in [0.05, 0.1) is 0 Å². The number of nitrogens with zero attached hydrogens (tertiary/aromatic N) is 1. The van der Waals surface area contributed by atoms with Gasteiger partial charge in [-0.15, -0.1) is 6.58 Å². The molecule has 194 valence electrons. The van der Waals surface area contributed by atoms with E-state index in [1.807, 2.05) is 45.9 Å². The van der Waals surface area contributed by atoms with Crippen LogP contribution in [0.1, 0.15) is 71.6 Å². The Morgan fingerprint density at radius 3 is 2.26 bits per heavy atom. The van der Waals surface area contributed by atoms with Crippen molar-refractivity contribution in [1.29, 1.82) is 0 Å². The van der Waals surface area contributed by atoms with Gasteiger partial charge in [0.2, 0.25) is 17.7 Å². The van der Waals surface area contributed by atoms with Crippen LogP contribution >= 0.6 is 0 Å². The Kier molecular flexibility index (Phi) is 10.5.